The van der Waals surface area contributed by atoms with E-state index >= 15 is 0 Å². The molecule has 4 rings (SSSR count). The average Bonchev–Trinajstić information content (AvgIpc) is 3.23. The predicted octanol–water partition coefficient (Wildman–Crippen LogP) is 1.84. The molecule has 5 atom stereocenters. The standard InChI is InChI=1S/C20H18F3N3O5S/c21-12-4-9(5-13(22)16(12)23)14-7-26(25-24-14)17-18(29)15(8-27)31-20(19(17)30)32-11-3-1-2-10(28)6-11/h1-7,15,17-20,27-30H,8H2/t15?,17?,18-,19-,20+/m0/s1. The zero-order valence-electron chi connectivity index (χ0n) is 16.2. The Morgan fingerprint density at radius 2 is 1.78 bits per heavy atom. The van der Waals surface area contributed by atoms with Gasteiger partial charge in [-0.3, -0.25) is 0 Å². The van der Waals surface area contributed by atoms with Gasteiger partial charge in [0.25, 0.3) is 0 Å². The first-order chi connectivity index (χ1) is 15.3. The minimum absolute atomic E-state index is 0.00951. The molecule has 0 bridgehead atoms. The van der Waals surface area contributed by atoms with Crippen molar-refractivity contribution in [3.8, 4) is 17.0 Å². The number of aliphatic hydroxyl groups excluding tert-OH is 3. The molecule has 1 aliphatic heterocycles. The first kappa shape index (κ1) is 22.6. The molecule has 2 heterocycles. The third-order valence-corrected chi connectivity index (χ3v) is 6.16. The Morgan fingerprint density at radius 3 is 2.44 bits per heavy atom. The molecule has 8 nitrogen and oxygen atoms in total. The number of aromatic hydroxyl groups is 1. The van der Waals surface area contributed by atoms with Gasteiger partial charge in [-0.15, -0.1) is 5.10 Å². The van der Waals surface area contributed by atoms with Crippen LogP contribution in [0.4, 0.5) is 13.2 Å². The lowest BCUT2D eigenvalue weighted by Gasteiger charge is -2.41. The molecule has 0 aliphatic carbocycles. The zero-order chi connectivity index (χ0) is 23.0. The summed E-state index contributed by atoms with van der Waals surface area (Å²) in [6.45, 7) is -0.558. The molecule has 1 aliphatic rings. The van der Waals surface area contributed by atoms with Crippen molar-refractivity contribution in [2.75, 3.05) is 6.61 Å². The van der Waals surface area contributed by atoms with Crippen molar-refractivity contribution in [1.29, 1.82) is 0 Å². The van der Waals surface area contributed by atoms with Crippen LogP contribution < -0.4 is 0 Å². The molecule has 4 N–H and O–H groups in total. The van der Waals surface area contributed by atoms with Crippen molar-refractivity contribution < 1.29 is 38.3 Å². The van der Waals surface area contributed by atoms with E-state index < -0.39 is 53.8 Å². The maximum absolute atomic E-state index is 13.6. The normalized spacial score (nSPS) is 25.8. The van der Waals surface area contributed by atoms with Crippen LogP contribution in [0.5, 0.6) is 5.75 Å². The van der Waals surface area contributed by atoms with Gasteiger partial charge in [-0.2, -0.15) is 0 Å². The molecule has 1 fully saturated rings. The van der Waals surface area contributed by atoms with Gasteiger partial charge in [-0.05, 0) is 30.3 Å². The van der Waals surface area contributed by atoms with Crippen molar-refractivity contribution in [3.63, 3.8) is 0 Å². The summed E-state index contributed by atoms with van der Waals surface area (Å²) in [6.07, 6.45) is -2.59. The summed E-state index contributed by atoms with van der Waals surface area (Å²) in [5.74, 6) is -4.41. The highest BCUT2D eigenvalue weighted by atomic mass is 32.2. The van der Waals surface area contributed by atoms with Gasteiger partial charge in [0.05, 0.1) is 12.8 Å². The van der Waals surface area contributed by atoms with Gasteiger partial charge in [-0.25, -0.2) is 17.9 Å². The second-order valence-corrected chi connectivity index (χ2v) is 8.32. The van der Waals surface area contributed by atoms with E-state index in [2.05, 4.69) is 10.3 Å². The first-order valence-electron chi connectivity index (χ1n) is 9.43. The number of thioether (sulfide) groups is 1. The largest absolute Gasteiger partial charge is 0.508 e. The maximum Gasteiger partial charge on any atom is 0.194 e. The number of benzene rings is 2. The molecule has 32 heavy (non-hydrogen) atoms. The maximum atomic E-state index is 13.6. The number of halogens is 3. The van der Waals surface area contributed by atoms with E-state index in [0.29, 0.717) is 4.90 Å². The summed E-state index contributed by atoms with van der Waals surface area (Å²) < 4.78 is 47.1. The van der Waals surface area contributed by atoms with Crippen molar-refractivity contribution in [3.05, 3.63) is 60.0 Å². The number of phenols is 1. The third-order valence-electron chi connectivity index (χ3n) is 5.01. The molecule has 170 valence electrons. The van der Waals surface area contributed by atoms with Crippen LogP contribution in [0, 0.1) is 17.5 Å². The summed E-state index contributed by atoms with van der Waals surface area (Å²) in [7, 11) is 0. The second kappa shape index (κ2) is 9.08. The van der Waals surface area contributed by atoms with Gasteiger partial charge in [0, 0.05) is 10.5 Å². The van der Waals surface area contributed by atoms with Gasteiger partial charge in [0.1, 0.15) is 41.2 Å². The molecule has 2 aromatic carbocycles. The van der Waals surface area contributed by atoms with Crippen molar-refractivity contribution in [2.24, 2.45) is 0 Å². The quantitative estimate of drug-likeness (QED) is 0.418. The Hall–Kier alpha value is -2.64. The van der Waals surface area contributed by atoms with Crippen LogP contribution >= 0.6 is 11.8 Å². The number of rotatable bonds is 5. The SMILES string of the molecule is OCC1O[C@H](Sc2cccc(O)c2)[C@@H](O)C(n2cc(-c3cc(F)c(F)c(F)c3)nn2)[C@H]1O. The minimum atomic E-state index is -1.62. The van der Waals surface area contributed by atoms with E-state index in [1.165, 1.54) is 18.3 Å². The molecule has 12 heteroatoms. The number of nitrogens with zero attached hydrogens (tertiary/aromatic N) is 3. The fourth-order valence-electron chi connectivity index (χ4n) is 3.43. The number of hydrogen-bond acceptors (Lipinski definition) is 8. The van der Waals surface area contributed by atoms with Crippen LogP contribution in [-0.4, -0.2) is 65.8 Å². The highest BCUT2D eigenvalue weighted by Crippen LogP contribution is 2.38. The van der Waals surface area contributed by atoms with Gasteiger partial charge in [-0.1, -0.05) is 23.0 Å². The van der Waals surface area contributed by atoms with Gasteiger partial charge < -0.3 is 25.2 Å². The smallest absolute Gasteiger partial charge is 0.194 e. The lowest BCUT2D eigenvalue weighted by atomic mass is 9.97. The van der Waals surface area contributed by atoms with Crippen LogP contribution in [0.2, 0.25) is 0 Å². The lowest BCUT2D eigenvalue weighted by Crippen LogP contribution is -2.55. The molecule has 0 amide bonds. The third kappa shape index (κ3) is 4.32. The number of aliphatic hydroxyl groups is 3. The van der Waals surface area contributed by atoms with Crippen molar-refractivity contribution in [2.45, 2.75) is 34.7 Å². The zero-order valence-corrected chi connectivity index (χ0v) is 17.0. The topological polar surface area (TPSA) is 121 Å². The number of aromatic nitrogens is 3. The number of phenolic OH excluding ortho intramolecular Hbond substituents is 1. The first-order valence-corrected chi connectivity index (χ1v) is 10.3. The van der Waals surface area contributed by atoms with Crippen LogP contribution in [0.25, 0.3) is 11.3 Å². The Morgan fingerprint density at radius 1 is 1.06 bits per heavy atom. The van der Waals surface area contributed by atoms with Crippen LogP contribution in [-0.2, 0) is 4.74 Å². The van der Waals surface area contributed by atoms with Gasteiger partial charge in [0.2, 0.25) is 0 Å². The van der Waals surface area contributed by atoms with Crippen LogP contribution in [0.1, 0.15) is 6.04 Å². The van der Waals surface area contributed by atoms with Crippen molar-refractivity contribution >= 4 is 11.8 Å². The molecule has 0 radical (unpaired) electrons. The summed E-state index contributed by atoms with van der Waals surface area (Å²) in [4.78, 5) is 0.567. The summed E-state index contributed by atoms with van der Waals surface area (Å²) in [5, 5.41) is 48.5. The van der Waals surface area contributed by atoms with Gasteiger partial charge >= 0.3 is 0 Å². The van der Waals surface area contributed by atoms with E-state index in [4.69, 9.17) is 4.74 Å². The number of ether oxygens (including phenoxy) is 1. The van der Waals surface area contributed by atoms with Crippen LogP contribution in [0.15, 0.2) is 47.5 Å². The highest BCUT2D eigenvalue weighted by molar-refractivity contribution is 7.99. The van der Waals surface area contributed by atoms with Crippen LogP contribution in [0.3, 0.4) is 0 Å². The van der Waals surface area contributed by atoms with E-state index in [9.17, 15) is 33.6 Å². The molecule has 1 aromatic heterocycles. The molecule has 3 aromatic rings. The Bertz CT molecular complexity index is 1090. The van der Waals surface area contributed by atoms with E-state index in [1.54, 1.807) is 12.1 Å². The Labute approximate surface area is 183 Å². The predicted molar refractivity (Wildman–Crippen MR) is 106 cm³/mol. The number of hydrogen-bond donors (Lipinski definition) is 4. The Kier molecular flexibility index (Phi) is 6.40. The second-order valence-electron chi connectivity index (χ2n) is 7.15. The van der Waals surface area contributed by atoms with Gasteiger partial charge in [0.15, 0.2) is 17.5 Å². The molecular weight excluding hydrogens is 451 g/mol. The summed E-state index contributed by atoms with van der Waals surface area (Å²) in [6, 6.07) is 6.59. The summed E-state index contributed by atoms with van der Waals surface area (Å²) >= 11 is 1.06. The molecule has 1 saturated heterocycles. The highest BCUT2D eigenvalue weighted by Gasteiger charge is 2.46. The average molecular weight is 469 g/mol. The Balaban J connectivity index is 1.64. The fraction of sp³-hybridized carbons (Fsp3) is 0.300. The van der Waals surface area contributed by atoms with Crippen molar-refractivity contribution in [1.82, 2.24) is 15.0 Å². The lowest BCUT2D eigenvalue weighted by molar-refractivity contribution is -0.178. The fourth-order valence-corrected chi connectivity index (χ4v) is 4.54. The minimum Gasteiger partial charge on any atom is -0.508 e. The molecule has 0 spiro atoms. The molecule has 0 saturated carbocycles. The molecule has 2 unspecified atom stereocenters. The van der Waals surface area contributed by atoms with E-state index in [-0.39, 0.29) is 17.0 Å². The van der Waals surface area contributed by atoms with E-state index in [1.807, 2.05) is 0 Å². The monoisotopic (exact) mass is 469 g/mol. The van der Waals surface area contributed by atoms with E-state index in [0.717, 1.165) is 28.6 Å². The summed E-state index contributed by atoms with van der Waals surface area (Å²) in [5.41, 5.74) is -1.07. The molecular formula is C20H18F3N3O5S.